The molecule has 0 amide bonds. The van der Waals surface area contributed by atoms with E-state index in [0.29, 0.717) is 23.7 Å². The number of anilines is 3. The van der Waals surface area contributed by atoms with Gasteiger partial charge in [0.1, 0.15) is 5.82 Å². The smallest absolute Gasteiger partial charge is 0.433 e. The molecule has 1 aromatic carbocycles. The van der Waals surface area contributed by atoms with E-state index in [9.17, 15) is 13.2 Å². The molecule has 0 aliphatic heterocycles. The van der Waals surface area contributed by atoms with Crippen LogP contribution in [0.4, 0.5) is 30.6 Å². The zero-order valence-electron chi connectivity index (χ0n) is 13.4. The SMILES string of the molecule is CCNc1nc(Nc2ccc(OC)c(OC)c2)cc(C(F)(F)F)n1. The number of aromatic nitrogens is 2. The van der Waals surface area contributed by atoms with Crippen LogP contribution in [-0.2, 0) is 6.18 Å². The predicted molar refractivity (Wildman–Crippen MR) is 84.0 cm³/mol. The highest BCUT2D eigenvalue weighted by molar-refractivity contribution is 5.62. The van der Waals surface area contributed by atoms with E-state index in [1.807, 2.05) is 0 Å². The van der Waals surface area contributed by atoms with Gasteiger partial charge in [-0.3, -0.25) is 0 Å². The fraction of sp³-hybridized carbons (Fsp3) is 0.333. The number of hydrogen-bond donors (Lipinski definition) is 2. The molecule has 0 saturated carbocycles. The molecule has 0 aliphatic carbocycles. The van der Waals surface area contributed by atoms with Crippen LogP contribution in [0, 0.1) is 0 Å². The van der Waals surface area contributed by atoms with E-state index >= 15 is 0 Å². The Labute approximate surface area is 137 Å². The maximum absolute atomic E-state index is 13.0. The van der Waals surface area contributed by atoms with E-state index in [0.717, 1.165) is 6.07 Å². The van der Waals surface area contributed by atoms with E-state index in [-0.39, 0.29) is 11.8 Å². The largest absolute Gasteiger partial charge is 0.493 e. The van der Waals surface area contributed by atoms with Gasteiger partial charge < -0.3 is 20.1 Å². The summed E-state index contributed by atoms with van der Waals surface area (Å²) in [7, 11) is 2.96. The third kappa shape index (κ3) is 4.18. The number of ether oxygens (including phenoxy) is 2. The van der Waals surface area contributed by atoms with Gasteiger partial charge in [-0.15, -0.1) is 0 Å². The number of rotatable bonds is 6. The molecule has 130 valence electrons. The molecule has 0 atom stereocenters. The molecule has 2 rings (SSSR count). The van der Waals surface area contributed by atoms with Gasteiger partial charge in [0.25, 0.3) is 0 Å². The van der Waals surface area contributed by atoms with E-state index in [1.165, 1.54) is 14.2 Å². The lowest BCUT2D eigenvalue weighted by molar-refractivity contribution is -0.141. The van der Waals surface area contributed by atoms with Crippen molar-refractivity contribution in [3.8, 4) is 11.5 Å². The van der Waals surface area contributed by atoms with Crippen LogP contribution in [0.5, 0.6) is 11.5 Å². The molecule has 24 heavy (non-hydrogen) atoms. The Morgan fingerprint density at radius 1 is 1.04 bits per heavy atom. The van der Waals surface area contributed by atoms with Crippen LogP contribution in [0.2, 0.25) is 0 Å². The molecule has 1 heterocycles. The van der Waals surface area contributed by atoms with Crippen molar-refractivity contribution in [1.29, 1.82) is 0 Å². The molecule has 0 aliphatic rings. The molecule has 0 unspecified atom stereocenters. The molecule has 0 bridgehead atoms. The summed E-state index contributed by atoms with van der Waals surface area (Å²) in [5.74, 6) is 0.866. The Morgan fingerprint density at radius 2 is 1.75 bits per heavy atom. The van der Waals surface area contributed by atoms with Crippen LogP contribution < -0.4 is 20.1 Å². The molecule has 0 saturated heterocycles. The zero-order valence-corrected chi connectivity index (χ0v) is 13.4. The Balaban J connectivity index is 2.36. The third-order valence-electron chi connectivity index (χ3n) is 3.01. The molecule has 0 spiro atoms. The normalized spacial score (nSPS) is 11.1. The van der Waals surface area contributed by atoms with Gasteiger partial charge in [0.05, 0.1) is 14.2 Å². The molecular weight excluding hydrogens is 325 g/mol. The summed E-state index contributed by atoms with van der Waals surface area (Å²) in [4.78, 5) is 7.49. The quantitative estimate of drug-likeness (QED) is 0.834. The first-order valence-electron chi connectivity index (χ1n) is 7.06. The highest BCUT2D eigenvalue weighted by atomic mass is 19.4. The van der Waals surface area contributed by atoms with Crippen LogP contribution in [0.3, 0.4) is 0 Å². The second kappa shape index (κ2) is 7.24. The second-order valence-corrected chi connectivity index (χ2v) is 4.68. The third-order valence-corrected chi connectivity index (χ3v) is 3.01. The molecule has 9 heteroatoms. The van der Waals surface area contributed by atoms with Crippen LogP contribution >= 0.6 is 0 Å². The number of hydrogen-bond acceptors (Lipinski definition) is 6. The van der Waals surface area contributed by atoms with E-state index in [1.54, 1.807) is 25.1 Å². The minimum absolute atomic E-state index is 0.0143. The minimum Gasteiger partial charge on any atom is -0.493 e. The predicted octanol–water partition coefficient (Wildman–Crippen LogP) is 3.69. The minimum atomic E-state index is -4.57. The van der Waals surface area contributed by atoms with Crippen LogP contribution in [0.1, 0.15) is 12.6 Å². The average Bonchev–Trinajstić information content (AvgIpc) is 2.54. The second-order valence-electron chi connectivity index (χ2n) is 4.68. The lowest BCUT2D eigenvalue weighted by Crippen LogP contribution is -2.13. The molecule has 0 radical (unpaired) electrons. The van der Waals surface area contributed by atoms with E-state index in [4.69, 9.17) is 9.47 Å². The monoisotopic (exact) mass is 342 g/mol. The Morgan fingerprint density at radius 3 is 2.33 bits per heavy atom. The molecule has 1 aromatic heterocycles. The number of benzene rings is 1. The zero-order chi connectivity index (χ0) is 17.7. The van der Waals surface area contributed by atoms with Crippen molar-refractivity contribution in [3.05, 3.63) is 30.0 Å². The fourth-order valence-corrected chi connectivity index (χ4v) is 1.96. The van der Waals surface area contributed by atoms with E-state index in [2.05, 4.69) is 20.6 Å². The Kier molecular flexibility index (Phi) is 5.32. The Hall–Kier alpha value is -2.71. The first-order chi connectivity index (χ1) is 11.4. The Bertz CT molecular complexity index is 708. The maximum Gasteiger partial charge on any atom is 0.433 e. The van der Waals surface area contributed by atoms with Gasteiger partial charge in [0.2, 0.25) is 5.95 Å². The van der Waals surface area contributed by atoms with Gasteiger partial charge in [0, 0.05) is 24.4 Å². The first kappa shape index (κ1) is 17.6. The summed E-state index contributed by atoms with van der Waals surface area (Å²) in [5.41, 5.74) is -0.529. The van der Waals surface area contributed by atoms with Gasteiger partial charge in [-0.25, -0.2) is 4.98 Å². The standard InChI is InChI=1S/C15H17F3N4O2/c1-4-19-14-21-12(15(16,17)18)8-13(22-14)20-9-5-6-10(23-2)11(7-9)24-3/h5-8H,4H2,1-3H3,(H2,19,20,21,22). The van der Waals surface area contributed by atoms with Crippen molar-refractivity contribution in [2.75, 3.05) is 31.4 Å². The van der Waals surface area contributed by atoms with Crippen molar-refractivity contribution in [2.24, 2.45) is 0 Å². The van der Waals surface area contributed by atoms with E-state index < -0.39 is 11.9 Å². The summed E-state index contributed by atoms with van der Waals surface area (Å²) in [6.45, 7) is 2.14. The van der Waals surface area contributed by atoms with Gasteiger partial charge in [0.15, 0.2) is 17.2 Å². The molecule has 6 nitrogen and oxygen atoms in total. The molecule has 2 N–H and O–H groups in total. The fourth-order valence-electron chi connectivity index (χ4n) is 1.96. The van der Waals surface area contributed by atoms with Crippen LogP contribution in [0.25, 0.3) is 0 Å². The lowest BCUT2D eigenvalue weighted by Gasteiger charge is -2.13. The number of methoxy groups -OCH3 is 2. The van der Waals surface area contributed by atoms with Gasteiger partial charge in [-0.1, -0.05) is 0 Å². The molecule has 0 fully saturated rings. The number of alkyl halides is 3. The van der Waals surface area contributed by atoms with Crippen molar-refractivity contribution < 1.29 is 22.6 Å². The highest BCUT2D eigenvalue weighted by Crippen LogP contribution is 2.33. The molecular formula is C15H17F3N4O2. The summed E-state index contributed by atoms with van der Waals surface area (Å²) in [6, 6.07) is 5.72. The first-order valence-corrected chi connectivity index (χ1v) is 7.06. The summed E-state index contributed by atoms with van der Waals surface area (Å²) in [6.07, 6.45) is -4.57. The maximum atomic E-state index is 13.0. The van der Waals surface area contributed by atoms with Crippen molar-refractivity contribution in [3.63, 3.8) is 0 Å². The molecule has 2 aromatic rings. The van der Waals surface area contributed by atoms with Gasteiger partial charge in [-0.05, 0) is 19.1 Å². The van der Waals surface area contributed by atoms with Crippen molar-refractivity contribution in [1.82, 2.24) is 9.97 Å². The number of nitrogens with one attached hydrogen (secondary N) is 2. The number of nitrogens with zero attached hydrogens (tertiary/aromatic N) is 2. The number of halogens is 3. The summed E-state index contributed by atoms with van der Waals surface area (Å²) < 4.78 is 49.2. The van der Waals surface area contributed by atoms with Crippen LogP contribution in [0.15, 0.2) is 24.3 Å². The summed E-state index contributed by atoms with van der Waals surface area (Å²) in [5, 5.41) is 5.49. The van der Waals surface area contributed by atoms with Gasteiger partial charge >= 0.3 is 6.18 Å². The highest BCUT2D eigenvalue weighted by Gasteiger charge is 2.33. The lowest BCUT2D eigenvalue weighted by atomic mass is 10.2. The van der Waals surface area contributed by atoms with Crippen LogP contribution in [-0.4, -0.2) is 30.7 Å². The van der Waals surface area contributed by atoms with Crippen molar-refractivity contribution in [2.45, 2.75) is 13.1 Å². The van der Waals surface area contributed by atoms with Gasteiger partial charge in [-0.2, -0.15) is 18.2 Å². The average molecular weight is 342 g/mol. The van der Waals surface area contributed by atoms with Crippen molar-refractivity contribution >= 4 is 17.5 Å². The topological polar surface area (TPSA) is 68.3 Å². The summed E-state index contributed by atoms with van der Waals surface area (Å²) >= 11 is 0.